The zero-order valence-corrected chi connectivity index (χ0v) is 12.0. The number of nitrogens with zero attached hydrogens (tertiary/aromatic N) is 2. The van der Waals surface area contributed by atoms with Crippen molar-refractivity contribution >= 4 is 5.91 Å². The van der Waals surface area contributed by atoms with E-state index in [0.29, 0.717) is 24.2 Å². The third-order valence-corrected chi connectivity index (χ3v) is 5.91. The monoisotopic (exact) mass is 260 g/mol. The van der Waals surface area contributed by atoms with Gasteiger partial charge in [-0.25, -0.2) is 0 Å². The van der Waals surface area contributed by atoms with Gasteiger partial charge in [0, 0.05) is 13.5 Å². The first-order chi connectivity index (χ1) is 9.13. The summed E-state index contributed by atoms with van der Waals surface area (Å²) in [6, 6.07) is 2.26. The van der Waals surface area contributed by atoms with Gasteiger partial charge < -0.3 is 4.90 Å². The van der Waals surface area contributed by atoms with E-state index in [-0.39, 0.29) is 11.9 Å². The molecule has 0 N–H and O–H groups in total. The second-order valence-corrected chi connectivity index (χ2v) is 6.94. The molecule has 0 spiro atoms. The highest BCUT2D eigenvalue weighted by Crippen LogP contribution is 2.57. The molecular formula is C16H24N2O. The normalized spacial score (nSPS) is 40.8. The van der Waals surface area contributed by atoms with Crippen LogP contribution in [0.5, 0.6) is 0 Å². The smallest absolute Gasteiger partial charge is 0.223 e. The first-order valence-corrected chi connectivity index (χ1v) is 7.79. The topological polar surface area (TPSA) is 44.1 Å². The van der Waals surface area contributed by atoms with Crippen LogP contribution in [-0.2, 0) is 4.79 Å². The summed E-state index contributed by atoms with van der Waals surface area (Å²) in [5.41, 5.74) is 0. The lowest BCUT2D eigenvalue weighted by Crippen LogP contribution is -2.53. The quantitative estimate of drug-likeness (QED) is 0.783. The Hall–Kier alpha value is -1.04. The third kappa shape index (κ3) is 2.06. The summed E-state index contributed by atoms with van der Waals surface area (Å²) in [5, 5.41) is 9.58. The van der Waals surface area contributed by atoms with E-state index >= 15 is 0 Å². The fourth-order valence-corrected chi connectivity index (χ4v) is 5.32. The van der Waals surface area contributed by atoms with Crippen LogP contribution in [0.3, 0.4) is 0 Å². The second-order valence-electron chi connectivity index (χ2n) is 6.94. The minimum Gasteiger partial charge on any atom is -0.329 e. The maximum atomic E-state index is 11.9. The van der Waals surface area contributed by atoms with E-state index in [9.17, 15) is 10.1 Å². The maximum absolute atomic E-state index is 11.9. The van der Waals surface area contributed by atoms with E-state index in [1.165, 1.54) is 32.1 Å². The summed E-state index contributed by atoms with van der Waals surface area (Å²) in [6.45, 7) is 1.88. The van der Waals surface area contributed by atoms with Crippen LogP contribution < -0.4 is 0 Å². The predicted molar refractivity (Wildman–Crippen MR) is 73.0 cm³/mol. The van der Waals surface area contributed by atoms with Gasteiger partial charge in [-0.3, -0.25) is 4.79 Å². The molecule has 4 fully saturated rings. The molecule has 0 aromatic heterocycles. The van der Waals surface area contributed by atoms with E-state index in [2.05, 4.69) is 6.07 Å². The summed E-state index contributed by atoms with van der Waals surface area (Å²) in [7, 11) is 1.82. The van der Waals surface area contributed by atoms with Gasteiger partial charge in [0.15, 0.2) is 0 Å². The molecule has 104 valence electrons. The zero-order valence-electron chi connectivity index (χ0n) is 12.0. The first-order valence-electron chi connectivity index (χ1n) is 7.79. The van der Waals surface area contributed by atoms with Crippen molar-refractivity contribution in [3.63, 3.8) is 0 Å². The van der Waals surface area contributed by atoms with E-state index in [1.54, 1.807) is 4.90 Å². The molecule has 4 aliphatic carbocycles. The van der Waals surface area contributed by atoms with Crippen molar-refractivity contribution in [2.75, 3.05) is 7.05 Å². The lowest BCUT2D eigenvalue weighted by molar-refractivity contribution is -0.135. The minimum atomic E-state index is -0.192. The molecule has 0 aromatic rings. The van der Waals surface area contributed by atoms with E-state index < -0.39 is 0 Å². The third-order valence-electron chi connectivity index (χ3n) is 5.91. The second kappa shape index (κ2) is 4.81. The van der Waals surface area contributed by atoms with Gasteiger partial charge >= 0.3 is 0 Å². The fourth-order valence-electron chi connectivity index (χ4n) is 5.32. The highest BCUT2D eigenvalue weighted by molar-refractivity contribution is 5.76. The number of rotatable bonds is 3. The Morgan fingerprint density at radius 1 is 1.21 bits per heavy atom. The van der Waals surface area contributed by atoms with Crippen molar-refractivity contribution in [2.24, 2.45) is 29.6 Å². The van der Waals surface area contributed by atoms with Crippen molar-refractivity contribution in [2.45, 2.75) is 51.5 Å². The number of hydrogen-bond acceptors (Lipinski definition) is 2. The number of amides is 1. The van der Waals surface area contributed by atoms with Crippen LogP contribution in [0.1, 0.15) is 45.4 Å². The molecule has 0 radical (unpaired) electrons. The van der Waals surface area contributed by atoms with Crippen LogP contribution in [0.15, 0.2) is 0 Å². The molecule has 4 saturated carbocycles. The molecule has 4 bridgehead atoms. The molecular weight excluding hydrogens is 236 g/mol. The van der Waals surface area contributed by atoms with Crippen molar-refractivity contribution in [3.8, 4) is 6.07 Å². The molecule has 3 heteroatoms. The summed E-state index contributed by atoms with van der Waals surface area (Å²) >= 11 is 0. The molecule has 4 aliphatic rings. The number of carbonyl (C=O) groups is 1. The molecule has 0 saturated heterocycles. The van der Waals surface area contributed by atoms with Crippen LogP contribution in [0.2, 0.25) is 0 Å². The zero-order chi connectivity index (χ0) is 13.6. The molecule has 0 aliphatic heterocycles. The van der Waals surface area contributed by atoms with E-state index in [4.69, 9.17) is 0 Å². The fraction of sp³-hybridized carbons (Fsp3) is 0.875. The summed E-state index contributed by atoms with van der Waals surface area (Å²) < 4.78 is 0. The molecule has 1 amide bonds. The van der Waals surface area contributed by atoms with Crippen LogP contribution in [0.25, 0.3) is 0 Å². The van der Waals surface area contributed by atoms with Crippen LogP contribution in [0, 0.1) is 40.9 Å². The van der Waals surface area contributed by atoms with E-state index in [0.717, 1.165) is 11.8 Å². The van der Waals surface area contributed by atoms with Crippen molar-refractivity contribution in [1.29, 1.82) is 5.26 Å². The Bertz CT molecular complexity index is 383. The van der Waals surface area contributed by atoms with Gasteiger partial charge in [0.05, 0.1) is 6.07 Å². The Morgan fingerprint density at radius 2 is 1.74 bits per heavy atom. The van der Waals surface area contributed by atoms with Crippen molar-refractivity contribution in [1.82, 2.24) is 4.90 Å². The average molecular weight is 260 g/mol. The van der Waals surface area contributed by atoms with Crippen molar-refractivity contribution < 1.29 is 4.79 Å². The Morgan fingerprint density at radius 3 is 2.16 bits per heavy atom. The van der Waals surface area contributed by atoms with E-state index in [1.807, 2.05) is 14.0 Å². The Balaban J connectivity index is 1.80. The number of carbonyl (C=O) groups excluding carboxylic acids is 1. The largest absolute Gasteiger partial charge is 0.329 e. The van der Waals surface area contributed by atoms with Gasteiger partial charge in [-0.1, -0.05) is 6.92 Å². The van der Waals surface area contributed by atoms with Crippen LogP contribution >= 0.6 is 0 Å². The van der Waals surface area contributed by atoms with Gasteiger partial charge in [-0.2, -0.15) is 5.26 Å². The summed E-state index contributed by atoms with van der Waals surface area (Å²) in [6.07, 6.45) is 7.17. The molecule has 1 unspecified atom stereocenters. The standard InChI is InChI=1S/C16H24N2O/c1-3-15(19)18(2)14(9-17)16-12-5-10-4-11(7-12)8-13(16)6-10/h10-14,16H,3-8H2,1-2H3. The van der Waals surface area contributed by atoms with Crippen LogP contribution in [0.4, 0.5) is 0 Å². The van der Waals surface area contributed by atoms with Gasteiger partial charge in [0.1, 0.15) is 6.04 Å². The van der Waals surface area contributed by atoms with Crippen molar-refractivity contribution in [3.05, 3.63) is 0 Å². The molecule has 0 aromatic carbocycles. The Labute approximate surface area is 116 Å². The number of hydrogen-bond donors (Lipinski definition) is 0. The SMILES string of the molecule is CCC(=O)N(C)C(C#N)C1C2CC3CC(C2)CC1C3. The predicted octanol–water partition coefficient (Wildman–Crippen LogP) is 2.82. The molecule has 0 heterocycles. The Kier molecular flexibility index (Phi) is 3.28. The number of nitriles is 1. The first kappa shape index (κ1) is 13.0. The molecule has 1 atom stereocenters. The molecule has 19 heavy (non-hydrogen) atoms. The minimum absolute atomic E-state index is 0.111. The highest BCUT2D eigenvalue weighted by Gasteiger charge is 2.51. The molecule has 3 nitrogen and oxygen atoms in total. The lowest BCUT2D eigenvalue weighted by atomic mass is 9.50. The highest BCUT2D eigenvalue weighted by atomic mass is 16.2. The summed E-state index contributed by atoms with van der Waals surface area (Å²) in [5.74, 6) is 3.80. The average Bonchev–Trinajstić information content (AvgIpc) is 2.40. The summed E-state index contributed by atoms with van der Waals surface area (Å²) in [4.78, 5) is 13.7. The van der Waals surface area contributed by atoms with Gasteiger partial charge in [0.2, 0.25) is 5.91 Å². The maximum Gasteiger partial charge on any atom is 0.223 e. The van der Waals surface area contributed by atoms with Gasteiger partial charge in [-0.05, 0) is 61.7 Å². The molecule has 4 rings (SSSR count). The van der Waals surface area contributed by atoms with Gasteiger partial charge in [-0.15, -0.1) is 0 Å². The lowest BCUT2D eigenvalue weighted by Gasteiger charge is -2.56. The van der Waals surface area contributed by atoms with Crippen LogP contribution in [-0.4, -0.2) is 23.9 Å². The van der Waals surface area contributed by atoms with Gasteiger partial charge in [0.25, 0.3) is 0 Å².